The van der Waals surface area contributed by atoms with Gasteiger partial charge in [0.1, 0.15) is 11.3 Å². The van der Waals surface area contributed by atoms with Gasteiger partial charge >= 0.3 is 0 Å². The zero-order valence-electron chi connectivity index (χ0n) is 19.8. The Morgan fingerprint density at radius 3 is 2.64 bits per heavy atom. The van der Waals surface area contributed by atoms with E-state index in [0.717, 1.165) is 65.7 Å². The number of hydrogen-bond acceptors (Lipinski definition) is 7. The van der Waals surface area contributed by atoms with Gasteiger partial charge in [0.2, 0.25) is 0 Å². The van der Waals surface area contributed by atoms with Gasteiger partial charge in [-0.2, -0.15) is 5.10 Å². The molecule has 7 rings (SSSR count). The number of hydrogen-bond donors (Lipinski definition) is 1. The molecule has 0 amide bonds. The van der Waals surface area contributed by atoms with Crippen LogP contribution in [0.1, 0.15) is 17.5 Å². The van der Waals surface area contributed by atoms with E-state index in [4.69, 9.17) is 20.4 Å². The van der Waals surface area contributed by atoms with Crippen molar-refractivity contribution in [2.24, 2.45) is 0 Å². The zero-order valence-corrected chi connectivity index (χ0v) is 19.8. The fraction of sp³-hybridized carbons (Fsp3) is 0.259. The van der Waals surface area contributed by atoms with Crippen molar-refractivity contribution < 1.29 is 4.74 Å². The molecule has 9 nitrogen and oxygen atoms in total. The highest BCUT2D eigenvalue weighted by Gasteiger charge is 2.25. The second-order valence-electron chi connectivity index (χ2n) is 9.24. The average molecular weight is 479 g/mol. The first-order chi connectivity index (χ1) is 17.8. The number of nitrogens with two attached hydrogens (primary N) is 1. The van der Waals surface area contributed by atoms with Gasteiger partial charge in [0, 0.05) is 43.4 Å². The summed E-state index contributed by atoms with van der Waals surface area (Å²) in [5.74, 6) is 1.91. The van der Waals surface area contributed by atoms with Crippen LogP contribution < -0.4 is 10.6 Å². The van der Waals surface area contributed by atoms with Gasteiger partial charge in [-0.25, -0.2) is 19.6 Å². The van der Waals surface area contributed by atoms with Crippen LogP contribution in [0.2, 0.25) is 0 Å². The Kier molecular flexibility index (Phi) is 4.95. The van der Waals surface area contributed by atoms with Gasteiger partial charge in [0.25, 0.3) is 0 Å². The van der Waals surface area contributed by atoms with E-state index < -0.39 is 0 Å². The monoisotopic (exact) mass is 478 g/mol. The van der Waals surface area contributed by atoms with Crippen molar-refractivity contribution >= 4 is 22.7 Å². The Morgan fingerprint density at radius 2 is 1.81 bits per heavy atom. The number of nitrogens with zero attached hydrogens (tertiary/aromatic N) is 7. The number of imidazole rings is 1. The number of rotatable bonds is 4. The molecule has 2 aliphatic rings. The van der Waals surface area contributed by atoms with Gasteiger partial charge < -0.3 is 15.4 Å². The molecule has 180 valence electrons. The molecule has 0 radical (unpaired) electrons. The molecule has 0 atom stereocenters. The molecule has 2 N–H and O–H groups in total. The Balaban J connectivity index is 1.55. The highest BCUT2D eigenvalue weighted by atomic mass is 16.5. The van der Waals surface area contributed by atoms with E-state index in [2.05, 4.69) is 43.8 Å². The summed E-state index contributed by atoms with van der Waals surface area (Å²) in [4.78, 5) is 16.9. The summed E-state index contributed by atoms with van der Waals surface area (Å²) in [7, 11) is 0. The minimum Gasteiger partial charge on any atom is -0.383 e. The quantitative estimate of drug-likeness (QED) is 0.421. The molecule has 0 saturated carbocycles. The molecule has 9 heteroatoms. The second-order valence-corrected chi connectivity index (χ2v) is 9.24. The Hall–Kier alpha value is -4.24. The van der Waals surface area contributed by atoms with Gasteiger partial charge in [-0.3, -0.25) is 4.57 Å². The maximum atomic E-state index is 6.37. The number of aryl methyl sites for hydroxylation is 2. The van der Waals surface area contributed by atoms with Crippen LogP contribution in [0, 0.1) is 0 Å². The lowest BCUT2D eigenvalue weighted by Crippen LogP contribution is -2.36. The number of fused-ring (bicyclic) bond motifs is 2. The fourth-order valence-corrected chi connectivity index (χ4v) is 5.31. The standard InChI is InChI=1S/C27H26N8O/c28-25-21(6-2-9-29-25)26-32-24-22(33-12-14-36-15-13-33)17-23(34-11-3-10-30-34)31-27(24)35(26)20-8-7-18-4-1-5-19(18)16-20/h2-3,6-11,16-17H,1,4-5,12-15H2,(H2,28,29). The molecule has 0 bridgehead atoms. The molecule has 1 fully saturated rings. The summed E-state index contributed by atoms with van der Waals surface area (Å²) in [6, 6.07) is 14.5. The average Bonchev–Trinajstić information content (AvgIpc) is 3.68. The highest BCUT2D eigenvalue weighted by Crippen LogP contribution is 2.36. The number of ether oxygens (including phenoxy) is 1. The van der Waals surface area contributed by atoms with Crippen molar-refractivity contribution in [3.63, 3.8) is 0 Å². The second kappa shape index (κ2) is 8.46. The normalized spacial score (nSPS) is 15.5. The van der Waals surface area contributed by atoms with Crippen molar-refractivity contribution in [3.05, 3.63) is 72.2 Å². The molecule has 1 aliphatic heterocycles. The zero-order chi connectivity index (χ0) is 24.1. The molecule has 1 saturated heterocycles. The molecule has 5 heterocycles. The summed E-state index contributed by atoms with van der Waals surface area (Å²) in [6.07, 6.45) is 8.78. The smallest absolute Gasteiger partial charge is 0.169 e. The van der Waals surface area contributed by atoms with Crippen LogP contribution in [0.5, 0.6) is 0 Å². The third-order valence-corrected chi connectivity index (χ3v) is 7.09. The molecule has 1 aromatic carbocycles. The van der Waals surface area contributed by atoms with Crippen LogP contribution in [0.3, 0.4) is 0 Å². The number of pyridine rings is 2. The Labute approximate surface area is 208 Å². The summed E-state index contributed by atoms with van der Waals surface area (Å²) >= 11 is 0. The predicted octanol–water partition coefficient (Wildman–Crippen LogP) is 3.58. The summed E-state index contributed by atoms with van der Waals surface area (Å²) < 4.78 is 9.55. The molecular weight excluding hydrogens is 452 g/mol. The largest absolute Gasteiger partial charge is 0.383 e. The maximum absolute atomic E-state index is 6.37. The third kappa shape index (κ3) is 3.43. The van der Waals surface area contributed by atoms with Crippen molar-refractivity contribution in [1.29, 1.82) is 0 Å². The van der Waals surface area contributed by atoms with E-state index in [1.807, 2.05) is 24.4 Å². The molecule has 5 aromatic rings. The molecule has 1 aliphatic carbocycles. The van der Waals surface area contributed by atoms with E-state index in [1.165, 1.54) is 17.5 Å². The first-order valence-corrected chi connectivity index (χ1v) is 12.4. The first-order valence-electron chi connectivity index (χ1n) is 12.4. The van der Waals surface area contributed by atoms with Crippen LogP contribution in [0.15, 0.2) is 61.1 Å². The molecule has 0 unspecified atom stereocenters. The SMILES string of the molecule is Nc1ncccc1-c1nc2c(N3CCOCC3)cc(-n3cccn3)nc2n1-c1ccc2c(c1)CCC2. The molecular formula is C27H26N8O. The topological polar surface area (TPSA) is 99.9 Å². The minimum atomic E-state index is 0.440. The lowest BCUT2D eigenvalue weighted by atomic mass is 10.1. The van der Waals surface area contributed by atoms with Crippen LogP contribution in [0.25, 0.3) is 34.1 Å². The summed E-state index contributed by atoms with van der Waals surface area (Å²) in [5.41, 5.74) is 13.6. The van der Waals surface area contributed by atoms with Gasteiger partial charge in [0.15, 0.2) is 17.3 Å². The van der Waals surface area contributed by atoms with E-state index in [-0.39, 0.29) is 0 Å². The van der Waals surface area contributed by atoms with Crippen molar-refractivity contribution in [2.45, 2.75) is 19.3 Å². The van der Waals surface area contributed by atoms with Crippen LogP contribution >= 0.6 is 0 Å². The summed E-state index contributed by atoms with van der Waals surface area (Å²) in [6.45, 7) is 2.92. The Morgan fingerprint density at radius 1 is 0.917 bits per heavy atom. The van der Waals surface area contributed by atoms with E-state index in [1.54, 1.807) is 17.1 Å². The van der Waals surface area contributed by atoms with Gasteiger partial charge in [-0.05, 0) is 60.7 Å². The van der Waals surface area contributed by atoms with Crippen molar-refractivity contribution in [2.75, 3.05) is 36.9 Å². The fourth-order valence-electron chi connectivity index (χ4n) is 5.31. The van der Waals surface area contributed by atoms with Crippen LogP contribution in [-0.2, 0) is 17.6 Å². The van der Waals surface area contributed by atoms with E-state index in [9.17, 15) is 0 Å². The third-order valence-electron chi connectivity index (χ3n) is 7.09. The van der Waals surface area contributed by atoms with Crippen molar-refractivity contribution in [1.82, 2.24) is 29.3 Å². The van der Waals surface area contributed by atoms with Gasteiger partial charge in [-0.1, -0.05) is 6.07 Å². The number of aromatic nitrogens is 6. The van der Waals surface area contributed by atoms with E-state index >= 15 is 0 Å². The molecule has 4 aromatic heterocycles. The van der Waals surface area contributed by atoms with Crippen LogP contribution in [-0.4, -0.2) is 55.6 Å². The Bertz CT molecular complexity index is 1570. The van der Waals surface area contributed by atoms with Gasteiger partial charge in [0.05, 0.1) is 24.5 Å². The minimum absolute atomic E-state index is 0.440. The van der Waals surface area contributed by atoms with Crippen molar-refractivity contribution in [3.8, 4) is 22.9 Å². The first kappa shape index (κ1) is 21.1. The van der Waals surface area contributed by atoms with Crippen LogP contribution in [0.4, 0.5) is 11.5 Å². The highest BCUT2D eigenvalue weighted by molar-refractivity contribution is 5.92. The molecule has 36 heavy (non-hydrogen) atoms. The number of anilines is 2. The number of benzene rings is 1. The lowest BCUT2D eigenvalue weighted by molar-refractivity contribution is 0.123. The maximum Gasteiger partial charge on any atom is 0.169 e. The number of nitrogen functional groups attached to an aromatic ring is 1. The lowest BCUT2D eigenvalue weighted by Gasteiger charge is -2.29. The number of morpholine rings is 1. The molecule has 0 spiro atoms. The predicted molar refractivity (Wildman–Crippen MR) is 139 cm³/mol. The van der Waals surface area contributed by atoms with Gasteiger partial charge in [-0.15, -0.1) is 0 Å². The summed E-state index contributed by atoms with van der Waals surface area (Å²) in [5, 5.41) is 4.46. The van der Waals surface area contributed by atoms with E-state index in [0.29, 0.717) is 19.0 Å².